The van der Waals surface area contributed by atoms with Crippen molar-refractivity contribution < 1.29 is 10.2 Å². The van der Waals surface area contributed by atoms with Crippen molar-refractivity contribution in [2.24, 2.45) is 0 Å². The molecule has 0 fully saturated rings. The molecule has 2 rings (SSSR count). The number of aromatic hydroxyl groups is 1. The molecule has 0 aliphatic heterocycles. The molecule has 1 aliphatic carbocycles. The zero-order valence-corrected chi connectivity index (χ0v) is 12.1. The molecular formula is C16H25NO2. The predicted octanol–water partition coefficient (Wildman–Crippen LogP) is 3.00. The van der Waals surface area contributed by atoms with Crippen LogP contribution >= 0.6 is 0 Å². The van der Waals surface area contributed by atoms with Crippen molar-refractivity contribution in [3.63, 3.8) is 0 Å². The number of hydrogen-bond acceptors (Lipinski definition) is 3. The fraction of sp³-hybridized carbons (Fsp3) is 0.625. The Bertz CT molecular complexity index is 445. The summed E-state index contributed by atoms with van der Waals surface area (Å²) in [6.07, 6.45) is 2.78. The highest BCUT2D eigenvalue weighted by atomic mass is 16.3. The summed E-state index contributed by atoms with van der Waals surface area (Å²) in [7, 11) is 0. The quantitative estimate of drug-likeness (QED) is 0.765. The second-order valence-electron chi connectivity index (χ2n) is 5.70. The molecule has 3 N–H and O–H groups in total. The summed E-state index contributed by atoms with van der Waals surface area (Å²) in [4.78, 5) is 0. The Kier molecular flexibility index (Phi) is 4.48. The van der Waals surface area contributed by atoms with Crippen molar-refractivity contribution in [2.75, 3.05) is 6.61 Å². The number of phenols is 1. The van der Waals surface area contributed by atoms with Crippen LogP contribution < -0.4 is 5.32 Å². The van der Waals surface area contributed by atoms with Gasteiger partial charge in [-0.25, -0.2) is 0 Å². The van der Waals surface area contributed by atoms with E-state index >= 15 is 0 Å². The molecule has 19 heavy (non-hydrogen) atoms. The lowest BCUT2D eigenvalue weighted by atomic mass is 9.97. The Morgan fingerprint density at radius 3 is 2.74 bits per heavy atom. The third-order valence-corrected chi connectivity index (χ3v) is 4.32. The Morgan fingerprint density at radius 2 is 2.11 bits per heavy atom. The third kappa shape index (κ3) is 2.77. The highest BCUT2D eigenvalue weighted by Gasteiger charge is 2.32. The third-order valence-electron chi connectivity index (χ3n) is 4.32. The van der Waals surface area contributed by atoms with Crippen LogP contribution in [0.15, 0.2) is 12.1 Å². The van der Waals surface area contributed by atoms with Crippen molar-refractivity contribution in [3.05, 3.63) is 28.8 Å². The van der Waals surface area contributed by atoms with E-state index in [0.29, 0.717) is 17.7 Å². The summed E-state index contributed by atoms with van der Waals surface area (Å²) in [5.41, 5.74) is 3.64. The number of hydrogen-bond donors (Lipinski definition) is 3. The van der Waals surface area contributed by atoms with Crippen LogP contribution in [0.25, 0.3) is 0 Å². The number of phenolic OH excluding ortho intramolecular Hbond substituents is 1. The molecule has 3 atom stereocenters. The summed E-state index contributed by atoms with van der Waals surface area (Å²) in [5, 5.41) is 22.9. The number of nitrogens with one attached hydrogen (secondary N) is 1. The fourth-order valence-corrected chi connectivity index (χ4v) is 3.34. The minimum Gasteiger partial charge on any atom is -0.508 e. The first kappa shape index (κ1) is 14.4. The molecule has 0 radical (unpaired) electrons. The maximum atomic E-state index is 10.2. The van der Waals surface area contributed by atoms with Gasteiger partial charge in [0.2, 0.25) is 0 Å². The van der Waals surface area contributed by atoms with Crippen molar-refractivity contribution in [3.8, 4) is 5.75 Å². The van der Waals surface area contributed by atoms with Gasteiger partial charge in [0.15, 0.2) is 0 Å². The van der Waals surface area contributed by atoms with E-state index in [4.69, 9.17) is 5.11 Å². The number of aryl methyl sites for hydroxylation is 1. The van der Waals surface area contributed by atoms with Crippen LogP contribution in [0.3, 0.4) is 0 Å². The zero-order chi connectivity index (χ0) is 14.0. The molecule has 0 saturated carbocycles. The van der Waals surface area contributed by atoms with Crippen LogP contribution in [0, 0.1) is 6.92 Å². The number of fused-ring (bicyclic) bond motifs is 1. The van der Waals surface area contributed by atoms with Crippen LogP contribution in [0.4, 0.5) is 0 Å². The number of aliphatic hydroxyl groups is 1. The largest absolute Gasteiger partial charge is 0.508 e. The lowest BCUT2D eigenvalue weighted by Crippen LogP contribution is -2.32. The van der Waals surface area contributed by atoms with Crippen molar-refractivity contribution in [2.45, 2.75) is 58.0 Å². The molecule has 3 nitrogen and oxygen atoms in total. The molecule has 1 aromatic carbocycles. The van der Waals surface area contributed by atoms with Crippen molar-refractivity contribution >= 4 is 0 Å². The van der Waals surface area contributed by atoms with E-state index in [1.54, 1.807) is 6.07 Å². The SMILES string of the molecule is CCC(CCO)NC1CC(C)c2c(C)ccc(O)c21. The van der Waals surface area contributed by atoms with Gasteiger partial charge in [0.25, 0.3) is 0 Å². The van der Waals surface area contributed by atoms with E-state index in [9.17, 15) is 5.11 Å². The molecule has 0 bridgehead atoms. The zero-order valence-electron chi connectivity index (χ0n) is 12.1. The first-order valence-corrected chi connectivity index (χ1v) is 7.27. The minimum absolute atomic E-state index is 0.209. The van der Waals surface area contributed by atoms with E-state index in [0.717, 1.165) is 24.8 Å². The molecule has 0 aromatic heterocycles. The van der Waals surface area contributed by atoms with E-state index in [1.807, 2.05) is 6.07 Å². The molecule has 1 aromatic rings. The average molecular weight is 263 g/mol. The molecule has 1 aliphatic rings. The maximum absolute atomic E-state index is 10.2. The van der Waals surface area contributed by atoms with E-state index < -0.39 is 0 Å². The second-order valence-corrected chi connectivity index (χ2v) is 5.70. The second kappa shape index (κ2) is 5.93. The lowest BCUT2D eigenvalue weighted by Gasteiger charge is -2.22. The van der Waals surface area contributed by atoms with Crippen LogP contribution in [0.2, 0.25) is 0 Å². The van der Waals surface area contributed by atoms with E-state index in [-0.39, 0.29) is 12.6 Å². The standard InChI is InChI=1S/C16H25NO2/c1-4-12(7-8-18)17-13-9-11(3)15-10(2)5-6-14(19)16(13)15/h5-6,11-13,17-19H,4,7-9H2,1-3H3. The van der Waals surface area contributed by atoms with Gasteiger partial charge in [0.1, 0.15) is 5.75 Å². The molecule has 3 heteroatoms. The topological polar surface area (TPSA) is 52.5 Å². The minimum atomic E-state index is 0.209. The summed E-state index contributed by atoms with van der Waals surface area (Å²) < 4.78 is 0. The Morgan fingerprint density at radius 1 is 1.37 bits per heavy atom. The summed E-state index contributed by atoms with van der Waals surface area (Å²) >= 11 is 0. The Hall–Kier alpha value is -1.06. The van der Waals surface area contributed by atoms with Gasteiger partial charge in [0.05, 0.1) is 0 Å². The number of rotatable bonds is 5. The van der Waals surface area contributed by atoms with Gasteiger partial charge in [0, 0.05) is 24.3 Å². The maximum Gasteiger partial charge on any atom is 0.120 e. The van der Waals surface area contributed by atoms with Crippen LogP contribution in [-0.2, 0) is 0 Å². The fourth-order valence-electron chi connectivity index (χ4n) is 3.34. The van der Waals surface area contributed by atoms with Crippen molar-refractivity contribution in [1.29, 1.82) is 0 Å². The molecule has 3 unspecified atom stereocenters. The molecule has 106 valence electrons. The Balaban J connectivity index is 2.26. The average Bonchev–Trinajstić information content (AvgIpc) is 2.71. The Labute approximate surface area is 115 Å². The van der Waals surface area contributed by atoms with Crippen molar-refractivity contribution in [1.82, 2.24) is 5.32 Å². The summed E-state index contributed by atoms with van der Waals surface area (Å²) in [6.45, 7) is 6.67. The highest BCUT2D eigenvalue weighted by Crippen LogP contribution is 2.46. The van der Waals surface area contributed by atoms with Gasteiger partial charge >= 0.3 is 0 Å². The first-order valence-electron chi connectivity index (χ1n) is 7.27. The molecule has 0 amide bonds. The monoisotopic (exact) mass is 263 g/mol. The first-order chi connectivity index (χ1) is 9.08. The highest BCUT2D eigenvalue weighted by molar-refractivity contribution is 5.50. The van der Waals surface area contributed by atoms with E-state index in [1.165, 1.54) is 11.1 Å². The van der Waals surface area contributed by atoms with Gasteiger partial charge in [-0.15, -0.1) is 0 Å². The number of aliphatic hydroxyl groups excluding tert-OH is 1. The van der Waals surface area contributed by atoms with Gasteiger partial charge in [-0.2, -0.15) is 0 Å². The predicted molar refractivity (Wildman–Crippen MR) is 77.5 cm³/mol. The van der Waals surface area contributed by atoms with Crippen LogP contribution in [0.5, 0.6) is 5.75 Å². The van der Waals surface area contributed by atoms with Gasteiger partial charge in [-0.05, 0) is 49.3 Å². The smallest absolute Gasteiger partial charge is 0.120 e. The van der Waals surface area contributed by atoms with Gasteiger partial charge < -0.3 is 15.5 Å². The van der Waals surface area contributed by atoms with Crippen LogP contribution in [-0.4, -0.2) is 22.9 Å². The van der Waals surface area contributed by atoms with Gasteiger partial charge in [-0.3, -0.25) is 0 Å². The molecule has 0 spiro atoms. The summed E-state index contributed by atoms with van der Waals surface area (Å²) in [5.74, 6) is 0.882. The molecule has 0 heterocycles. The normalized spacial score (nSPS) is 23.4. The number of benzene rings is 1. The summed E-state index contributed by atoms with van der Waals surface area (Å²) in [6, 6.07) is 4.32. The lowest BCUT2D eigenvalue weighted by molar-refractivity contribution is 0.254. The van der Waals surface area contributed by atoms with Gasteiger partial charge in [-0.1, -0.05) is 19.9 Å². The van der Waals surface area contributed by atoms with E-state index in [2.05, 4.69) is 26.1 Å². The van der Waals surface area contributed by atoms with Crippen LogP contribution in [0.1, 0.15) is 61.8 Å². The molecule has 0 saturated heterocycles. The molecular weight excluding hydrogens is 238 g/mol.